The van der Waals surface area contributed by atoms with E-state index in [1.54, 1.807) is 46.9 Å². The molecule has 1 saturated carbocycles. The quantitative estimate of drug-likeness (QED) is 0.427. The molecular weight excluding hydrogens is 460 g/mol. The molecule has 2 fully saturated rings. The summed E-state index contributed by atoms with van der Waals surface area (Å²) in [6.07, 6.45) is 5.16. The first-order valence-electron chi connectivity index (χ1n) is 12.3. The van der Waals surface area contributed by atoms with E-state index < -0.39 is 6.10 Å². The van der Waals surface area contributed by atoms with Crippen LogP contribution in [0.15, 0.2) is 41.1 Å². The van der Waals surface area contributed by atoms with Crippen LogP contribution in [0.25, 0.3) is 16.5 Å². The number of hydrogen-bond acceptors (Lipinski definition) is 6. The van der Waals surface area contributed by atoms with E-state index in [0.717, 1.165) is 10.9 Å². The van der Waals surface area contributed by atoms with E-state index in [4.69, 9.17) is 9.15 Å². The second-order valence-electron chi connectivity index (χ2n) is 9.87. The minimum absolute atomic E-state index is 0.118. The van der Waals surface area contributed by atoms with E-state index in [0.29, 0.717) is 58.5 Å². The van der Waals surface area contributed by atoms with Crippen molar-refractivity contribution in [1.29, 1.82) is 0 Å². The maximum Gasteiger partial charge on any atom is 0.256 e. The van der Waals surface area contributed by atoms with Gasteiger partial charge in [-0.25, -0.2) is 4.52 Å². The number of furan rings is 1. The minimum Gasteiger partial charge on any atom is -0.460 e. The average Bonchev–Trinajstić information content (AvgIpc) is 3.55. The van der Waals surface area contributed by atoms with Crippen molar-refractivity contribution < 1.29 is 23.8 Å². The second-order valence-corrected chi connectivity index (χ2v) is 9.87. The molecule has 9 nitrogen and oxygen atoms in total. The zero-order valence-electron chi connectivity index (χ0n) is 20.4. The molecule has 36 heavy (non-hydrogen) atoms. The molecular formula is C27H28N4O5. The van der Waals surface area contributed by atoms with Crippen molar-refractivity contribution in [2.24, 2.45) is 5.92 Å². The highest BCUT2D eigenvalue weighted by molar-refractivity contribution is 6.07. The number of aliphatic hydroxyl groups is 1. The minimum atomic E-state index is -0.492. The normalized spacial score (nSPS) is 19.5. The molecule has 4 aromatic rings. The van der Waals surface area contributed by atoms with Crippen molar-refractivity contribution in [3.05, 3.63) is 59.1 Å². The van der Waals surface area contributed by atoms with Gasteiger partial charge in [0.2, 0.25) is 0 Å². The number of rotatable bonds is 6. The van der Waals surface area contributed by atoms with Crippen molar-refractivity contribution >= 4 is 28.3 Å². The lowest BCUT2D eigenvalue weighted by molar-refractivity contribution is -0.0357. The fourth-order valence-corrected chi connectivity index (χ4v) is 4.85. The summed E-state index contributed by atoms with van der Waals surface area (Å²) in [7, 11) is 0. The average molecular weight is 489 g/mol. The lowest BCUT2D eigenvalue weighted by Crippen LogP contribution is -2.60. The molecule has 2 amide bonds. The Morgan fingerprint density at radius 3 is 2.78 bits per heavy atom. The summed E-state index contributed by atoms with van der Waals surface area (Å²) < 4.78 is 13.8. The molecule has 186 valence electrons. The van der Waals surface area contributed by atoms with E-state index >= 15 is 0 Å². The highest BCUT2D eigenvalue weighted by atomic mass is 16.5. The third kappa shape index (κ3) is 3.71. The number of amides is 2. The first-order valence-corrected chi connectivity index (χ1v) is 12.3. The maximum atomic E-state index is 13.1. The summed E-state index contributed by atoms with van der Waals surface area (Å²) in [5.74, 6) is 2.00. The molecule has 9 heteroatoms. The first kappa shape index (κ1) is 22.6. The van der Waals surface area contributed by atoms with Crippen LogP contribution < -0.4 is 10.1 Å². The molecule has 0 bridgehead atoms. The Hall–Kier alpha value is -3.85. The number of β-amino-alcohol motifs (C(OH)–C–C–N with tert-alkyl or cyclic N) is 1. The Morgan fingerprint density at radius 1 is 1.25 bits per heavy atom. The summed E-state index contributed by atoms with van der Waals surface area (Å²) in [4.78, 5) is 27.5. The van der Waals surface area contributed by atoms with Gasteiger partial charge >= 0.3 is 0 Å². The van der Waals surface area contributed by atoms with Gasteiger partial charge in [0.25, 0.3) is 11.8 Å². The predicted octanol–water partition coefficient (Wildman–Crippen LogP) is 3.83. The van der Waals surface area contributed by atoms with Crippen LogP contribution in [0, 0.1) is 19.8 Å². The number of aromatic nitrogens is 2. The largest absolute Gasteiger partial charge is 0.460 e. The van der Waals surface area contributed by atoms with Gasteiger partial charge in [-0.1, -0.05) is 0 Å². The van der Waals surface area contributed by atoms with Crippen LogP contribution in [-0.4, -0.2) is 56.7 Å². The lowest BCUT2D eigenvalue weighted by atomic mass is 9.99. The number of carbonyl (C=O) groups is 2. The molecule has 3 aromatic heterocycles. The van der Waals surface area contributed by atoms with Crippen LogP contribution in [0.5, 0.6) is 11.5 Å². The van der Waals surface area contributed by atoms with Gasteiger partial charge in [-0.05, 0) is 57.2 Å². The number of nitrogens with one attached hydrogen (secondary N) is 1. The number of carbonyl (C=O) groups excluding carboxylic acids is 2. The van der Waals surface area contributed by atoms with E-state index in [1.807, 2.05) is 19.9 Å². The van der Waals surface area contributed by atoms with Gasteiger partial charge in [0, 0.05) is 36.8 Å². The summed E-state index contributed by atoms with van der Waals surface area (Å²) in [5.41, 5.74) is 3.09. The Labute approximate surface area is 207 Å². The Balaban J connectivity index is 1.29. The maximum absolute atomic E-state index is 13.1. The molecule has 1 saturated heterocycles. The van der Waals surface area contributed by atoms with Crippen molar-refractivity contribution in [2.45, 2.75) is 45.8 Å². The lowest BCUT2D eigenvalue weighted by Gasteiger charge is -2.43. The summed E-state index contributed by atoms with van der Waals surface area (Å²) in [6.45, 7) is 6.51. The van der Waals surface area contributed by atoms with Crippen molar-refractivity contribution in [3.63, 3.8) is 0 Å². The Bertz CT molecular complexity index is 1520. The van der Waals surface area contributed by atoms with Gasteiger partial charge in [0.1, 0.15) is 22.6 Å². The highest BCUT2D eigenvalue weighted by Crippen LogP contribution is 2.35. The van der Waals surface area contributed by atoms with Crippen molar-refractivity contribution in [3.8, 4) is 11.5 Å². The van der Waals surface area contributed by atoms with Crippen LogP contribution in [-0.2, 0) is 0 Å². The molecule has 1 aliphatic heterocycles. The molecule has 6 rings (SSSR count). The number of benzene rings is 1. The predicted molar refractivity (Wildman–Crippen MR) is 133 cm³/mol. The number of aryl methyl sites for hydroxylation is 2. The number of likely N-dealkylation sites (tertiary alicyclic amines) is 1. The van der Waals surface area contributed by atoms with Crippen LogP contribution >= 0.6 is 0 Å². The van der Waals surface area contributed by atoms with E-state index in [9.17, 15) is 14.7 Å². The molecule has 0 spiro atoms. The van der Waals surface area contributed by atoms with E-state index in [1.165, 1.54) is 12.8 Å². The zero-order chi connectivity index (χ0) is 25.1. The molecule has 1 aliphatic carbocycles. The number of fused-ring (bicyclic) bond motifs is 2. The number of aliphatic hydroxyl groups excluding tert-OH is 1. The highest BCUT2D eigenvalue weighted by Gasteiger charge is 2.38. The van der Waals surface area contributed by atoms with Crippen LogP contribution in [0.2, 0.25) is 0 Å². The Morgan fingerprint density at radius 2 is 2.06 bits per heavy atom. The van der Waals surface area contributed by atoms with Gasteiger partial charge in [-0.2, -0.15) is 5.10 Å². The molecule has 2 N–H and O–H groups in total. The molecule has 2 aliphatic rings. The number of nitrogens with zero attached hydrogens (tertiary/aromatic N) is 3. The molecule has 0 radical (unpaired) electrons. The van der Waals surface area contributed by atoms with Crippen molar-refractivity contribution in [2.75, 3.05) is 13.1 Å². The molecule has 4 heterocycles. The SMILES string of the molecule is Cc1oc2cc(Oc3ccnn4cc(C(=O)N5C[C@@H](O)[C@H]5C)c(C)c34)ccc2c1C(=O)NCC1CC1. The number of hydrogen-bond donors (Lipinski definition) is 2. The zero-order valence-corrected chi connectivity index (χ0v) is 20.4. The van der Waals surface area contributed by atoms with Gasteiger partial charge in [-0.3, -0.25) is 9.59 Å². The van der Waals surface area contributed by atoms with Crippen LogP contribution in [0.4, 0.5) is 0 Å². The van der Waals surface area contributed by atoms with Gasteiger partial charge < -0.3 is 24.5 Å². The van der Waals surface area contributed by atoms with Crippen LogP contribution in [0.1, 0.15) is 51.8 Å². The third-order valence-electron chi connectivity index (χ3n) is 7.35. The van der Waals surface area contributed by atoms with Gasteiger partial charge in [0.15, 0.2) is 5.75 Å². The first-order chi connectivity index (χ1) is 17.3. The summed E-state index contributed by atoms with van der Waals surface area (Å²) in [5, 5.41) is 17.9. The molecule has 0 unspecified atom stereocenters. The number of ether oxygens (including phenoxy) is 1. The van der Waals surface area contributed by atoms with Crippen molar-refractivity contribution in [1.82, 2.24) is 19.8 Å². The second kappa shape index (κ2) is 8.37. The van der Waals surface area contributed by atoms with E-state index in [-0.39, 0.29) is 17.9 Å². The third-order valence-corrected chi connectivity index (χ3v) is 7.35. The van der Waals surface area contributed by atoms with Gasteiger partial charge in [0.05, 0.1) is 29.5 Å². The summed E-state index contributed by atoms with van der Waals surface area (Å²) >= 11 is 0. The standard InChI is InChI=1S/C27H28N4O5/c1-14-20(27(34)30-13-21(32)15(30)2)12-31-25(14)22(8-9-29-31)36-18-6-7-19-23(10-18)35-16(3)24(19)26(33)28-11-17-4-5-17/h6-10,12,15,17,21,32H,4-5,11,13H2,1-3H3,(H,28,33)/t15-,21-/m1/s1. The fraction of sp³-hybridized carbons (Fsp3) is 0.370. The monoisotopic (exact) mass is 488 g/mol. The topological polar surface area (TPSA) is 109 Å². The Kier molecular flexibility index (Phi) is 5.26. The molecule has 2 atom stereocenters. The fourth-order valence-electron chi connectivity index (χ4n) is 4.85. The smallest absolute Gasteiger partial charge is 0.256 e. The van der Waals surface area contributed by atoms with Crippen LogP contribution in [0.3, 0.4) is 0 Å². The van der Waals surface area contributed by atoms with Gasteiger partial charge in [-0.15, -0.1) is 0 Å². The van der Waals surface area contributed by atoms with E-state index in [2.05, 4.69) is 10.4 Å². The molecule has 1 aromatic carbocycles. The summed E-state index contributed by atoms with van der Waals surface area (Å²) in [6, 6.07) is 6.94.